The molecule has 0 fully saturated rings. The number of rotatable bonds is 8. The molecule has 22 heavy (non-hydrogen) atoms. The van der Waals surface area contributed by atoms with Crippen molar-refractivity contribution in [3.05, 3.63) is 23.8 Å². The molecule has 1 amide bonds. The summed E-state index contributed by atoms with van der Waals surface area (Å²) in [6.45, 7) is 5.90. The molecular formula is C15H24N2O4S. The van der Waals surface area contributed by atoms with E-state index in [0.29, 0.717) is 5.56 Å². The average Bonchev–Trinajstić information content (AvgIpc) is 2.46. The van der Waals surface area contributed by atoms with Gasteiger partial charge in [0.05, 0.1) is 7.11 Å². The molecule has 0 saturated heterocycles. The van der Waals surface area contributed by atoms with E-state index in [1.807, 2.05) is 13.8 Å². The Morgan fingerprint density at radius 3 is 2.55 bits per heavy atom. The van der Waals surface area contributed by atoms with E-state index in [1.54, 1.807) is 13.0 Å². The number of carbonyl (C=O) groups is 1. The van der Waals surface area contributed by atoms with Gasteiger partial charge in [0.1, 0.15) is 10.6 Å². The highest BCUT2D eigenvalue weighted by molar-refractivity contribution is 7.89. The predicted molar refractivity (Wildman–Crippen MR) is 85.7 cm³/mol. The highest BCUT2D eigenvalue weighted by atomic mass is 32.2. The molecule has 0 aliphatic carbocycles. The molecule has 0 spiro atoms. The van der Waals surface area contributed by atoms with Gasteiger partial charge >= 0.3 is 0 Å². The van der Waals surface area contributed by atoms with Gasteiger partial charge in [-0.05, 0) is 31.5 Å². The van der Waals surface area contributed by atoms with E-state index < -0.39 is 10.0 Å². The summed E-state index contributed by atoms with van der Waals surface area (Å²) in [6.07, 6.45) is 1.83. The van der Waals surface area contributed by atoms with Gasteiger partial charge in [0.25, 0.3) is 5.91 Å². The molecule has 1 aromatic rings. The van der Waals surface area contributed by atoms with Crippen molar-refractivity contribution in [3.63, 3.8) is 0 Å². The van der Waals surface area contributed by atoms with Gasteiger partial charge in [-0.3, -0.25) is 4.79 Å². The van der Waals surface area contributed by atoms with Gasteiger partial charge in [-0.25, -0.2) is 13.1 Å². The predicted octanol–water partition coefficient (Wildman–Crippen LogP) is 1.91. The summed E-state index contributed by atoms with van der Waals surface area (Å²) in [7, 11) is -2.31. The van der Waals surface area contributed by atoms with Crippen molar-refractivity contribution in [2.24, 2.45) is 0 Å². The highest BCUT2D eigenvalue weighted by Crippen LogP contribution is 2.24. The monoisotopic (exact) mass is 328 g/mol. The Kier molecular flexibility index (Phi) is 6.83. The summed E-state index contributed by atoms with van der Waals surface area (Å²) < 4.78 is 31.9. The second-order valence-corrected chi connectivity index (χ2v) is 6.77. The summed E-state index contributed by atoms with van der Waals surface area (Å²) in [5, 5.41) is 2.85. The largest absolute Gasteiger partial charge is 0.495 e. The van der Waals surface area contributed by atoms with E-state index >= 15 is 0 Å². The van der Waals surface area contributed by atoms with Crippen LogP contribution in [-0.2, 0) is 10.0 Å². The molecular weight excluding hydrogens is 304 g/mol. The van der Waals surface area contributed by atoms with Gasteiger partial charge < -0.3 is 10.1 Å². The van der Waals surface area contributed by atoms with Crippen LogP contribution in [0.2, 0.25) is 0 Å². The molecule has 7 heteroatoms. The Bertz CT molecular complexity index is 614. The van der Waals surface area contributed by atoms with Crippen LogP contribution >= 0.6 is 0 Å². The number of hydrogen-bond acceptors (Lipinski definition) is 4. The van der Waals surface area contributed by atoms with Gasteiger partial charge in [0.2, 0.25) is 10.0 Å². The molecule has 0 aliphatic rings. The summed E-state index contributed by atoms with van der Waals surface area (Å²) >= 11 is 0. The minimum atomic E-state index is -3.70. The van der Waals surface area contributed by atoms with Crippen LogP contribution in [0.5, 0.6) is 5.75 Å². The summed E-state index contributed by atoms with van der Waals surface area (Å²) in [6, 6.07) is 4.42. The van der Waals surface area contributed by atoms with Crippen LogP contribution in [0.25, 0.3) is 0 Å². The fourth-order valence-corrected chi connectivity index (χ4v) is 3.34. The SMILES string of the molecule is CCCC(C)NC(=O)c1ccc(OC)c(S(=O)(=O)NCC)c1. The van der Waals surface area contributed by atoms with Crippen molar-refractivity contribution in [3.8, 4) is 5.75 Å². The van der Waals surface area contributed by atoms with Crippen LogP contribution in [0.3, 0.4) is 0 Å². The standard InChI is InChI=1S/C15H24N2O4S/c1-5-7-11(3)17-15(18)12-8-9-13(21-4)14(10-12)22(19,20)16-6-2/h8-11,16H,5-7H2,1-4H3,(H,17,18). The molecule has 0 saturated carbocycles. The molecule has 2 N–H and O–H groups in total. The molecule has 1 aromatic carbocycles. The van der Waals surface area contributed by atoms with E-state index in [1.165, 1.54) is 19.2 Å². The van der Waals surface area contributed by atoms with E-state index in [0.717, 1.165) is 12.8 Å². The quantitative estimate of drug-likeness (QED) is 0.763. The number of sulfonamides is 1. The lowest BCUT2D eigenvalue weighted by Crippen LogP contribution is -2.32. The number of carbonyl (C=O) groups excluding carboxylic acids is 1. The Hall–Kier alpha value is -1.60. The first-order valence-electron chi connectivity index (χ1n) is 7.34. The van der Waals surface area contributed by atoms with Gasteiger partial charge in [-0.15, -0.1) is 0 Å². The zero-order valence-electron chi connectivity index (χ0n) is 13.5. The van der Waals surface area contributed by atoms with E-state index in [-0.39, 0.29) is 29.1 Å². The lowest BCUT2D eigenvalue weighted by molar-refractivity contribution is 0.0938. The van der Waals surface area contributed by atoms with Gasteiger partial charge in [-0.1, -0.05) is 20.3 Å². The van der Waals surface area contributed by atoms with E-state index in [9.17, 15) is 13.2 Å². The molecule has 0 bridgehead atoms. The smallest absolute Gasteiger partial charge is 0.251 e. The maximum absolute atomic E-state index is 12.2. The molecule has 0 radical (unpaired) electrons. The Morgan fingerprint density at radius 2 is 2.00 bits per heavy atom. The zero-order chi connectivity index (χ0) is 16.8. The van der Waals surface area contributed by atoms with Gasteiger partial charge in [0.15, 0.2) is 0 Å². The van der Waals surface area contributed by atoms with Crippen LogP contribution in [0.4, 0.5) is 0 Å². The van der Waals surface area contributed by atoms with Crippen LogP contribution in [-0.4, -0.2) is 34.0 Å². The van der Waals surface area contributed by atoms with Crippen LogP contribution in [0, 0.1) is 0 Å². The second-order valence-electron chi connectivity index (χ2n) is 5.03. The minimum Gasteiger partial charge on any atom is -0.495 e. The zero-order valence-corrected chi connectivity index (χ0v) is 14.3. The molecule has 0 aliphatic heterocycles. The van der Waals surface area contributed by atoms with Crippen LogP contribution in [0.1, 0.15) is 44.0 Å². The van der Waals surface area contributed by atoms with Crippen molar-refractivity contribution in [2.75, 3.05) is 13.7 Å². The average molecular weight is 328 g/mol. The van der Waals surface area contributed by atoms with Crippen LogP contribution in [0.15, 0.2) is 23.1 Å². The molecule has 124 valence electrons. The summed E-state index contributed by atoms with van der Waals surface area (Å²) in [5.74, 6) is -0.0874. The van der Waals surface area contributed by atoms with E-state index in [4.69, 9.17) is 4.74 Å². The molecule has 0 aromatic heterocycles. The third-order valence-corrected chi connectivity index (χ3v) is 4.72. The number of amides is 1. The van der Waals surface area contributed by atoms with E-state index in [2.05, 4.69) is 10.0 Å². The summed E-state index contributed by atoms with van der Waals surface area (Å²) in [4.78, 5) is 12.2. The second kappa shape index (κ2) is 8.14. The normalized spacial score (nSPS) is 12.7. The lowest BCUT2D eigenvalue weighted by atomic mass is 10.1. The number of benzene rings is 1. The Balaban J connectivity index is 3.12. The molecule has 1 atom stereocenters. The number of nitrogens with one attached hydrogen (secondary N) is 2. The molecule has 0 heterocycles. The maximum Gasteiger partial charge on any atom is 0.251 e. The van der Waals surface area contributed by atoms with Crippen molar-refractivity contribution in [1.29, 1.82) is 0 Å². The number of hydrogen-bond donors (Lipinski definition) is 2. The molecule has 1 rings (SSSR count). The van der Waals surface area contributed by atoms with Crippen molar-refractivity contribution in [2.45, 2.75) is 44.6 Å². The number of ether oxygens (including phenoxy) is 1. The fraction of sp³-hybridized carbons (Fsp3) is 0.533. The summed E-state index contributed by atoms with van der Waals surface area (Å²) in [5.41, 5.74) is 0.292. The Morgan fingerprint density at radius 1 is 1.32 bits per heavy atom. The van der Waals surface area contributed by atoms with Crippen molar-refractivity contribution < 1.29 is 17.9 Å². The van der Waals surface area contributed by atoms with Gasteiger partial charge in [-0.2, -0.15) is 0 Å². The third-order valence-electron chi connectivity index (χ3n) is 3.15. The van der Waals surface area contributed by atoms with Gasteiger partial charge in [0, 0.05) is 18.2 Å². The fourth-order valence-electron chi connectivity index (χ4n) is 2.11. The lowest BCUT2D eigenvalue weighted by Gasteiger charge is -2.15. The highest BCUT2D eigenvalue weighted by Gasteiger charge is 2.21. The van der Waals surface area contributed by atoms with Crippen LogP contribution < -0.4 is 14.8 Å². The number of methoxy groups -OCH3 is 1. The van der Waals surface area contributed by atoms with Crippen molar-refractivity contribution in [1.82, 2.24) is 10.0 Å². The minimum absolute atomic E-state index is 0.0346. The first-order valence-corrected chi connectivity index (χ1v) is 8.82. The topological polar surface area (TPSA) is 84.5 Å². The third kappa shape index (κ3) is 4.71. The molecule has 6 nitrogen and oxygen atoms in total. The Labute approximate surface area is 132 Å². The van der Waals surface area contributed by atoms with Crippen molar-refractivity contribution >= 4 is 15.9 Å². The first-order chi connectivity index (χ1) is 10.4. The molecule has 1 unspecified atom stereocenters. The maximum atomic E-state index is 12.2. The first kappa shape index (κ1) is 18.4.